The van der Waals surface area contributed by atoms with Crippen LogP contribution >= 0.6 is 0 Å². The second-order valence-electron chi connectivity index (χ2n) is 6.53. The molecule has 0 unspecified atom stereocenters. The van der Waals surface area contributed by atoms with Crippen molar-refractivity contribution in [1.82, 2.24) is 0 Å². The van der Waals surface area contributed by atoms with Crippen LogP contribution in [-0.4, -0.2) is 25.0 Å². The Kier molecular flexibility index (Phi) is 8.34. The lowest BCUT2D eigenvalue weighted by atomic mass is 10.1. The third kappa shape index (κ3) is 6.61. The van der Waals surface area contributed by atoms with Crippen molar-refractivity contribution in [3.8, 4) is 5.75 Å². The van der Waals surface area contributed by atoms with Crippen molar-refractivity contribution in [2.75, 3.05) is 29.1 Å². The molecule has 2 aromatic rings. The predicted molar refractivity (Wildman–Crippen MR) is 114 cm³/mol. The molecule has 6 nitrogen and oxygen atoms in total. The molecule has 0 heterocycles. The smallest absolute Gasteiger partial charge is 0.243 e. The van der Waals surface area contributed by atoms with Gasteiger partial charge in [0.2, 0.25) is 11.8 Å². The summed E-state index contributed by atoms with van der Waals surface area (Å²) in [5.41, 5.74) is 3.13. The average Bonchev–Trinajstić information content (AvgIpc) is 2.70. The van der Waals surface area contributed by atoms with Gasteiger partial charge in [-0.1, -0.05) is 38.5 Å². The van der Waals surface area contributed by atoms with Crippen molar-refractivity contribution in [2.45, 2.75) is 40.0 Å². The molecule has 6 heteroatoms. The van der Waals surface area contributed by atoms with Gasteiger partial charge < -0.3 is 20.7 Å². The molecule has 2 aromatic carbocycles. The summed E-state index contributed by atoms with van der Waals surface area (Å²) in [5.74, 6) is 0.452. The highest BCUT2D eigenvalue weighted by Crippen LogP contribution is 2.24. The summed E-state index contributed by atoms with van der Waals surface area (Å²) in [6.45, 7) is 6.57. The number of nitrogens with one attached hydrogen (secondary N) is 3. The maximum atomic E-state index is 12.3. The Labute approximate surface area is 166 Å². The largest absolute Gasteiger partial charge is 0.491 e. The summed E-state index contributed by atoms with van der Waals surface area (Å²) in [4.78, 5) is 24.0. The monoisotopic (exact) mass is 383 g/mol. The average molecular weight is 383 g/mol. The summed E-state index contributed by atoms with van der Waals surface area (Å²) < 4.78 is 5.74. The first kappa shape index (κ1) is 21.3. The van der Waals surface area contributed by atoms with Crippen LogP contribution < -0.4 is 20.7 Å². The first-order valence-electron chi connectivity index (χ1n) is 9.69. The topological polar surface area (TPSA) is 79.5 Å². The number of benzene rings is 2. The number of unbranched alkanes of at least 4 members (excludes halogenated alkanes) is 1. The fourth-order valence-electron chi connectivity index (χ4n) is 2.50. The summed E-state index contributed by atoms with van der Waals surface area (Å²) in [6.07, 6.45) is 2.43. The van der Waals surface area contributed by atoms with Gasteiger partial charge in [-0.15, -0.1) is 0 Å². The highest BCUT2D eigenvalue weighted by atomic mass is 16.5. The van der Waals surface area contributed by atoms with Crippen LogP contribution in [0, 0.1) is 6.92 Å². The molecule has 3 N–H and O–H groups in total. The first-order chi connectivity index (χ1) is 13.5. The van der Waals surface area contributed by atoms with Crippen LogP contribution in [0.4, 0.5) is 17.1 Å². The van der Waals surface area contributed by atoms with Gasteiger partial charge in [-0.05, 0) is 43.2 Å². The van der Waals surface area contributed by atoms with Crippen molar-refractivity contribution < 1.29 is 14.3 Å². The lowest BCUT2D eigenvalue weighted by molar-refractivity contribution is -0.116. The fourth-order valence-corrected chi connectivity index (χ4v) is 2.50. The van der Waals surface area contributed by atoms with E-state index in [0.29, 0.717) is 24.5 Å². The number of anilines is 3. The Morgan fingerprint density at radius 3 is 2.46 bits per heavy atom. The maximum absolute atomic E-state index is 12.3. The summed E-state index contributed by atoms with van der Waals surface area (Å²) in [7, 11) is 0. The molecule has 150 valence electrons. The van der Waals surface area contributed by atoms with Crippen molar-refractivity contribution in [3.63, 3.8) is 0 Å². The van der Waals surface area contributed by atoms with Gasteiger partial charge in [0.1, 0.15) is 5.75 Å². The number of ether oxygens (including phenoxy) is 1. The molecular weight excluding hydrogens is 354 g/mol. The molecule has 0 aliphatic heterocycles. The number of amides is 2. The molecule has 2 amide bonds. The number of aryl methyl sites for hydroxylation is 1. The number of hydrogen-bond acceptors (Lipinski definition) is 4. The van der Waals surface area contributed by atoms with E-state index in [1.165, 1.54) is 0 Å². The molecule has 0 spiro atoms. The van der Waals surface area contributed by atoms with Crippen molar-refractivity contribution >= 4 is 28.9 Å². The summed E-state index contributed by atoms with van der Waals surface area (Å²) in [5, 5.41) is 8.83. The Morgan fingerprint density at radius 1 is 0.964 bits per heavy atom. The zero-order valence-electron chi connectivity index (χ0n) is 16.8. The van der Waals surface area contributed by atoms with E-state index in [1.54, 1.807) is 6.92 Å². The quantitative estimate of drug-likeness (QED) is 0.525. The SMILES string of the molecule is CCCCOc1ccccc1NC(=O)CNc1ccc(C)c(NC(=O)CC)c1. The number of carbonyl (C=O) groups is 2. The van der Waals surface area contributed by atoms with E-state index in [4.69, 9.17) is 4.74 Å². The number of rotatable bonds is 10. The number of carbonyl (C=O) groups excluding carboxylic acids is 2. The first-order valence-corrected chi connectivity index (χ1v) is 9.69. The Hall–Kier alpha value is -3.02. The van der Waals surface area contributed by atoms with Crippen LogP contribution in [0.15, 0.2) is 42.5 Å². The molecule has 0 aromatic heterocycles. The summed E-state index contributed by atoms with van der Waals surface area (Å²) >= 11 is 0. The minimum absolute atomic E-state index is 0.0438. The second-order valence-corrected chi connectivity index (χ2v) is 6.53. The van der Waals surface area contributed by atoms with Gasteiger partial charge in [0.25, 0.3) is 0 Å². The standard InChI is InChI=1S/C22H29N3O3/c1-4-6-13-28-20-10-8-7-9-18(20)24-22(27)15-23-17-12-11-16(3)19(14-17)25-21(26)5-2/h7-12,14,23H,4-6,13,15H2,1-3H3,(H,24,27)(H,25,26). The van der Waals surface area contributed by atoms with Crippen LogP contribution in [0.5, 0.6) is 5.75 Å². The van der Waals surface area contributed by atoms with Crippen molar-refractivity contribution in [1.29, 1.82) is 0 Å². The molecule has 0 aliphatic carbocycles. The second kappa shape index (κ2) is 11.0. The van der Waals surface area contributed by atoms with E-state index in [9.17, 15) is 9.59 Å². The molecule has 0 aliphatic rings. The molecule has 0 atom stereocenters. The normalized spacial score (nSPS) is 10.2. The molecular formula is C22H29N3O3. The van der Waals surface area contributed by atoms with E-state index in [0.717, 1.165) is 29.8 Å². The molecule has 2 rings (SSSR count). The highest BCUT2D eigenvalue weighted by molar-refractivity contribution is 5.95. The lowest BCUT2D eigenvalue weighted by Crippen LogP contribution is -2.22. The van der Waals surface area contributed by atoms with Gasteiger partial charge in [0.15, 0.2) is 0 Å². The highest BCUT2D eigenvalue weighted by Gasteiger charge is 2.09. The minimum Gasteiger partial charge on any atom is -0.491 e. The van der Waals surface area contributed by atoms with Crippen LogP contribution in [0.25, 0.3) is 0 Å². The molecule has 0 radical (unpaired) electrons. The Bertz CT molecular complexity index is 805. The van der Waals surface area contributed by atoms with Crippen LogP contribution in [0.1, 0.15) is 38.7 Å². The zero-order valence-corrected chi connectivity index (χ0v) is 16.8. The number of hydrogen-bond donors (Lipinski definition) is 3. The Morgan fingerprint density at radius 2 is 1.71 bits per heavy atom. The van der Waals surface area contributed by atoms with E-state index < -0.39 is 0 Å². The molecule has 0 saturated heterocycles. The van der Waals surface area contributed by atoms with Crippen molar-refractivity contribution in [3.05, 3.63) is 48.0 Å². The molecule has 0 saturated carbocycles. The Balaban J connectivity index is 1.94. The molecule has 28 heavy (non-hydrogen) atoms. The lowest BCUT2D eigenvalue weighted by Gasteiger charge is -2.14. The number of para-hydroxylation sites is 2. The van der Waals surface area contributed by atoms with Gasteiger partial charge in [-0.3, -0.25) is 9.59 Å². The predicted octanol–water partition coefficient (Wildman–Crippen LogP) is 4.57. The van der Waals surface area contributed by atoms with Gasteiger partial charge >= 0.3 is 0 Å². The van der Waals surface area contributed by atoms with E-state index >= 15 is 0 Å². The van der Waals surface area contributed by atoms with Crippen LogP contribution in [0.2, 0.25) is 0 Å². The van der Waals surface area contributed by atoms with Gasteiger partial charge in [0.05, 0.1) is 18.8 Å². The maximum Gasteiger partial charge on any atom is 0.243 e. The van der Waals surface area contributed by atoms with E-state index in [1.807, 2.05) is 49.4 Å². The third-order valence-electron chi connectivity index (χ3n) is 4.20. The fraction of sp³-hybridized carbons (Fsp3) is 0.364. The van der Waals surface area contributed by atoms with Gasteiger partial charge in [-0.2, -0.15) is 0 Å². The molecule has 0 bridgehead atoms. The van der Waals surface area contributed by atoms with E-state index in [2.05, 4.69) is 22.9 Å². The van der Waals surface area contributed by atoms with Crippen LogP contribution in [-0.2, 0) is 9.59 Å². The third-order valence-corrected chi connectivity index (χ3v) is 4.20. The zero-order chi connectivity index (χ0) is 20.4. The van der Waals surface area contributed by atoms with Crippen molar-refractivity contribution in [2.24, 2.45) is 0 Å². The van der Waals surface area contributed by atoms with E-state index in [-0.39, 0.29) is 18.4 Å². The van der Waals surface area contributed by atoms with Crippen LogP contribution in [0.3, 0.4) is 0 Å². The minimum atomic E-state index is -0.175. The van der Waals surface area contributed by atoms with Gasteiger partial charge in [-0.25, -0.2) is 0 Å². The van der Waals surface area contributed by atoms with Gasteiger partial charge in [0, 0.05) is 17.8 Å². The molecule has 0 fully saturated rings. The summed E-state index contributed by atoms with van der Waals surface area (Å²) in [6, 6.07) is 13.0.